The van der Waals surface area contributed by atoms with Crippen molar-refractivity contribution in [1.82, 2.24) is 15.2 Å². The van der Waals surface area contributed by atoms with Crippen LogP contribution in [0.1, 0.15) is 26.2 Å². The lowest BCUT2D eigenvalue weighted by Gasteiger charge is -2.28. The molecule has 2 rings (SSSR count). The summed E-state index contributed by atoms with van der Waals surface area (Å²) in [5.74, 6) is 0.761. The molecule has 19 heavy (non-hydrogen) atoms. The van der Waals surface area contributed by atoms with Gasteiger partial charge in [-0.2, -0.15) is 0 Å². The Labute approximate surface area is 128 Å². The summed E-state index contributed by atoms with van der Waals surface area (Å²) in [5, 5.41) is 7.12. The lowest BCUT2D eigenvalue weighted by Crippen LogP contribution is -2.48. The van der Waals surface area contributed by atoms with E-state index in [4.69, 9.17) is 12.2 Å². The minimum atomic E-state index is 0.318. The van der Waals surface area contributed by atoms with Gasteiger partial charge in [0.15, 0.2) is 5.11 Å². The molecule has 2 heterocycles. The Morgan fingerprint density at radius 1 is 1.47 bits per heavy atom. The van der Waals surface area contributed by atoms with Crippen molar-refractivity contribution >= 4 is 39.1 Å². The van der Waals surface area contributed by atoms with E-state index in [0.29, 0.717) is 11.3 Å². The highest BCUT2D eigenvalue weighted by molar-refractivity contribution is 9.10. The second-order valence-corrected chi connectivity index (χ2v) is 5.95. The van der Waals surface area contributed by atoms with E-state index in [1.807, 2.05) is 12.1 Å². The number of nitrogens with zero attached hydrogens (tertiary/aromatic N) is 2. The molecule has 104 valence electrons. The van der Waals surface area contributed by atoms with Crippen molar-refractivity contribution in [3.63, 3.8) is 0 Å². The van der Waals surface area contributed by atoms with E-state index in [2.05, 4.69) is 43.4 Å². The van der Waals surface area contributed by atoms with Gasteiger partial charge in [0.05, 0.1) is 6.17 Å². The van der Waals surface area contributed by atoms with Crippen LogP contribution in [0, 0.1) is 0 Å². The average molecular weight is 343 g/mol. The number of hydrogen-bond acceptors (Lipinski definition) is 3. The van der Waals surface area contributed by atoms with Crippen LogP contribution in [-0.4, -0.2) is 34.3 Å². The molecule has 0 amide bonds. The molecule has 1 aliphatic rings. The van der Waals surface area contributed by atoms with Gasteiger partial charge in [-0.1, -0.05) is 6.92 Å². The molecule has 0 spiro atoms. The topological polar surface area (TPSA) is 40.2 Å². The third kappa shape index (κ3) is 4.40. The fraction of sp³-hybridized carbons (Fsp3) is 0.538. The molecule has 1 aromatic rings. The fourth-order valence-electron chi connectivity index (χ4n) is 2.26. The maximum absolute atomic E-state index is 5.35. The van der Waals surface area contributed by atoms with Gasteiger partial charge in [-0.05, 0) is 59.5 Å². The molecule has 2 N–H and O–H groups in total. The first-order chi connectivity index (χ1) is 9.19. The number of thiocarbonyl (C=S) groups is 1. The van der Waals surface area contributed by atoms with Crippen LogP contribution in [0.15, 0.2) is 22.8 Å². The van der Waals surface area contributed by atoms with Crippen molar-refractivity contribution in [3.05, 3.63) is 22.8 Å². The highest BCUT2D eigenvalue weighted by Crippen LogP contribution is 2.13. The highest BCUT2D eigenvalue weighted by Gasteiger charge is 2.20. The van der Waals surface area contributed by atoms with E-state index in [-0.39, 0.29) is 0 Å². The molecule has 4 nitrogen and oxygen atoms in total. The summed E-state index contributed by atoms with van der Waals surface area (Å²) >= 11 is 8.71. The molecule has 0 bridgehead atoms. The zero-order valence-electron chi connectivity index (χ0n) is 11.0. The van der Waals surface area contributed by atoms with Gasteiger partial charge >= 0.3 is 0 Å². The summed E-state index contributed by atoms with van der Waals surface area (Å²) in [5.41, 5.74) is 0. The molecular formula is C13H19BrN4S. The summed E-state index contributed by atoms with van der Waals surface area (Å²) in [6.45, 7) is 4.49. The van der Waals surface area contributed by atoms with Crippen LogP contribution < -0.4 is 10.6 Å². The number of aromatic nitrogens is 1. The summed E-state index contributed by atoms with van der Waals surface area (Å²) in [7, 11) is 0. The van der Waals surface area contributed by atoms with Crippen molar-refractivity contribution in [3.8, 4) is 0 Å². The van der Waals surface area contributed by atoms with E-state index in [1.165, 1.54) is 12.8 Å². The minimum absolute atomic E-state index is 0.318. The number of nitrogens with one attached hydrogen (secondary N) is 2. The van der Waals surface area contributed by atoms with E-state index in [9.17, 15) is 0 Å². The molecule has 1 aromatic heterocycles. The summed E-state index contributed by atoms with van der Waals surface area (Å²) in [4.78, 5) is 6.70. The third-order valence-electron chi connectivity index (χ3n) is 3.23. The molecule has 1 atom stereocenters. The standard InChI is InChI=1S/C13H19BrN4S/c1-2-12(18-7-3-4-8-18)17-13(19)16-11-6-5-10(14)9-15-11/h5-6,9,12H,2-4,7-8H2,1H3,(H2,15,16,17,19). The maximum atomic E-state index is 5.35. The van der Waals surface area contributed by atoms with Crippen LogP contribution in [-0.2, 0) is 0 Å². The molecule has 0 radical (unpaired) electrons. The highest BCUT2D eigenvalue weighted by atomic mass is 79.9. The second-order valence-electron chi connectivity index (χ2n) is 4.63. The normalized spacial score (nSPS) is 17.2. The molecule has 1 saturated heterocycles. The summed E-state index contributed by atoms with van der Waals surface area (Å²) in [6.07, 6.45) is 5.68. The van der Waals surface area contributed by atoms with Gasteiger partial charge in [-0.25, -0.2) is 4.98 Å². The predicted molar refractivity (Wildman–Crippen MR) is 86.2 cm³/mol. The number of hydrogen-bond donors (Lipinski definition) is 2. The zero-order chi connectivity index (χ0) is 13.7. The van der Waals surface area contributed by atoms with Crippen molar-refractivity contribution in [2.75, 3.05) is 18.4 Å². The molecule has 0 aromatic carbocycles. The molecule has 0 saturated carbocycles. The third-order valence-corrected chi connectivity index (χ3v) is 3.92. The van der Waals surface area contributed by atoms with Gasteiger partial charge in [0.25, 0.3) is 0 Å². The van der Waals surface area contributed by atoms with Crippen molar-refractivity contribution < 1.29 is 0 Å². The van der Waals surface area contributed by atoms with Crippen LogP contribution in [0.3, 0.4) is 0 Å². The SMILES string of the molecule is CCC(NC(=S)Nc1ccc(Br)cn1)N1CCCC1. The number of anilines is 1. The number of rotatable bonds is 4. The minimum Gasteiger partial charge on any atom is -0.347 e. The number of likely N-dealkylation sites (tertiary alicyclic amines) is 1. The first-order valence-corrected chi connectivity index (χ1v) is 7.82. The van der Waals surface area contributed by atoms with E-state index >= 15 is 0 Å². The lowest BCUT2D eigenvalue weighted by molar-refractivity contribution is 0.222. The monoisotopic (exact) mass is 342 g/mol. The quantitative estimate of drug-likeness (QED) is 0.823. The molecular weight excluding hydrogens is 324 g/mol. The molecule has 0 aliphatic carbocycles. The van der Waals surface area contributed by atoms with Gasteiger partial charge in [0.1, 0.15) is 5.82 Å². The van der Waals surface area contributed by atoms with Crippen LogP contribution >= 0.6 is 28.1 Å². The molecule has 1 aliphatic heterocycles. The fourth-order valence-corrected chi connectivity index (χ4v) is 2.73. The smallest absolute Gasteiger partial charge is 0.173 e. The van der Waals surface area contributed by atoms with Crippen LogP contribution in [0.25, 0.3) is 0 Å². The van der Waals surface area contributed by atoms with E-state index in [1.54, 1.807) is 6.20 Å². The molecule has 1 fully saturated rings. The molecule has 1 unspecified atom stereocenters. The Hall–Kier alpha value is -0.720. The first-order valence-electron chi connectivity index (χ1n) is 6.62. The Kier molecular flexibility index (Phi) is 5.54. The van der Waals surface area contributed by atoms with Gasteiger partial charge in [0, 0.05) is 23.8 Å². The summed E-state index contributed by atoms with van der Waals surface area (Å²) < 4.78 is 0.959. The average Bonchev–Trinajstić information content (AvgIpc) is 2.92. The largest absolute Gasteiger partial charge is 0.347 e. The van der Waals surface area contributed by atoms with E-state index in [0.717, 1.165) is 29.8 Å². The van der Waals surface area contributed by atoms with Gasteiger partial charge in [-0.15, -0.1) is 0 Å². The summed E-state index contributed by atoms with van der Waals surface area (Å²) in [6, 6.07) is 3.84. The Morgan fingerprint density at radius 3 is 2.79 bits per heavy atom. The van der Waals surface area contributed by atoms with Crippen molar-refractivity contribution in [2.45, 2.75) is 32.4 Å². The second kappa shape index (κ2) is 7.17. The van der Waals surface area contributed by atoms with Crippen LogP contribution in [0.4, 0.5) is 5.82 Å². The predicted octanol–water partition coefficient (Wildman–Crippen LogP) is 2.96. The van der Waals surface area contributed by atoms with E-state index < -0.39 is 0 Å². The van der Waals surface area contributed by atoms with Crippen molar-refractivity contribution in [1.29, 1.82) is 0 Å². The number of halogens is 1. The van der Waals surface area contributed by atoms with Crippen LogP contribution in [0.5, 0.6) is 0 Å². The zero-order valence-corrected chi connectivity index (χ0v) is 13.4. The van der Waals surface area contributed by atoms with Gasteiger partial charge in [0.2, 0.25) is 0 Å². The van der Waals surface area contributed by atoms with Gasteiger partial charge < -0.3 is 10.6 Å². The Bertz CT molecular complexity index is 417. The Morgan fingerprint density at radius 2 is 2.21 bits per heavy atom. The Balaban J connectivity index is 1.87. The lowest BCUT2D eigenvalue weighted by atomic mass is 10.3. The van der Waals surface area contributed by atoms with Gasteiger partial charge in [-0.3, -0.25) is 4.90 Å². The number of pyridine rings is 1. The van der Waals surface area contributed by atoms with Crippen molar-refractivity contribution in [2.24, 2.45) is 0 Å². The molecule has 6 heteroatoms. The van der Waals surface area contributed by atoms with Crippen LogP contribution in [0.2, 0.25) is 0 Å². The first kappa shape index (κ1) is 14.7. The maximum Gasteiger partial charge on any atom is 0.173 e.